The monoisotopic (exact) mass is 267 g/mol. The second-order valence-corrected chi connectivity index (χ2v) is 4.76. The number of benzene rings is 1. The minimum Gasteiger partial charge on any atom is -0.388 e. The molecule has 6 heteroatoms. The molecule has 1 heterocycles. The van der Waals surface area contributed by atoms with Crippen LogP contribution in [0.3, 0.4) is 0 Å². The Kier molecular flexibility index (Phi) is 2.80. The minimum atomic E-state index is -0.391. The molecule has 3 rings (SSSR count). The van der Waals surface area contributed by atoms with Gasteiger partial charge in [-0.25, -0.2) is 4.39 Å². The summed E-state index contributed by atoms with van der Waals surface area (Å²) >= 11 is 5.88. The number of aliphatic hydroxyl groups excluding tert-OH is 1. The quantitative estimate of drug-likeness (QED) is 0.930. The Bertz CT molecular complexity index is 595. The third-order valence-electron chi connectivity index (χ3n) is 2.99. The normalized spacial score (nSPS) is 15.1. The van der Waals surface area contributed by atoms with Crippen molar-refractivity contribution in [2.75, 3.05) is 0 Å². The smallest absolute Gasteiger partial charge is 0.167 e. The molecule has 0 unspecified atom stereocenters. The number of nitrogens with zero attached hydrogens (tertiary/aromatic N) is 3. The Balaban J connectivity index is 2.16. The van der Waals surface area contributed by atoms with E-state index in [1.54, 1.807) is 4.57 Å². The molecule has 1 aromatic carbocycles. The van der Waals surface area contributed by atoms with Crippen molar-refractivity contribution in [3.05, 3.63) is 34.9 Å². The van der Waals surface area contributed by atoms with Crippen LogP contribution in [-0.4, -0.2) is 19.9 Å². The van der Waals surface area contributed by atoms with E-state index in [1.807, 2.05) is 0 Å². The standard InChI is InChI=1S/C12H11ClFN3O/c13-7-1-4-10(14)9(5-7)12-16-15-11(6-18)17(12)8-2-3-8/h1,4-5,8,18H,2-3,6H2. The Morgan fingerprint density at radius 1 is 1.39 bits per heavy atom. The average Bonchev–Trinajstić information content (AvgIpc) is 3.12. The van der Waals surface area contributed by atoms with Crippen LogP contribution < -0.4 is 0 Å². The van der Waals surface area contributed by atoms with Gasteiger partial charge in [-0.3, -0.25) is 0 Å². The van der Waals surface area contributed by atoms with Gasteiger partial charge in [0.15, 0.2) is 11.6 Å². The van der Waals surface area contributed by atoms with Crippen LogP contribution in [0.2, 0.25) is 5.02 Å². The van der Waals surface area contributed by atoms with Gasteiger partial charge in [-0.2, -0.15) is 0 Å². The van der Waals surface area contributed by atoms with Crippen LogP contribution in [0.15, 0.2) is 18.2 Å². The molecule has 1 aliphatic carbocycles. The highest BCUT2D eigenvalue weighted by molar-refractivity contribution is 6.30. The molecule has 0 amide bonds. The summed E-state index contributed by atoms with van der Waals surface area (Å²) in [5, 5.41) is 17.6. The molecule has 0 spiro atoms. The lowest BCUT2D eigenvalue weighted by atomic mass is 10.2. The van der Waals surface area contributed by atoms with E-state index in [1.165, 1.54) is 18.2 Å². The maximum atomic E-state index is 13.8. The van der Waals surface area contributed by atoms with Crippen molar-refractivity contribution < 1.29 is 9.50 Å². The molecule has 0 bridgehead atoms. The van der Waals surface area contributed by atoms with Crippen molar-refractivity contribution in [1.82, 2.24) is 14.8 Å². The molecule has 94 valence electrons. The van der Waals surface area contributed by atoms with Crippen molar-refractivity contribution in [1.29, 1.82) is 0 Å². The summed E-state index contributed by atoms with van der Waals surface area (Å²) in [5.41, 5.74) is 0.321. The van der Waals surface area contributed by atoms with Crippen LogP contribution >= 0.6 is 11.6 Å². The second kappa shape index (κ2) is 4.33. The summed E-state index contributed by atoms with van der Waals surface area (Å²) in [6.45, 7) is -0.203. The van der Waals surface area contributed by atoms with Crippen LogP contribution in [0.4, 0.5) is 4.39 Å². The Labute approximate surface area is 108 Å². The van der Waals surface area contributed by atoms with Crippen molar-refractivity contribution in [2.45, 2.75) is 25.5 Å². The van der Waals surface area contributed by atoms with E-state index in [0.717, 1.165) is 12.8 Å². The van der Waals surface area contributed by atoms with Crippen molar-refractivity contribution >= 4 is 11.6 Å². The largest absolute Gasteiger partial charge is 0.388 e. The molecule has 1 aliphatic rings. The number of halogens is 2. The van der Waals surface area contributed by atoms with Gasteiger partial charge in [0.1, 0.15) is 12.4 Å². The van der Waals surface area contributed by atoms with Crippen LogP contribution in [0.1, 0.15) is 24.7 Å². The maximum absolute atomic E-state index is 13.8. The highest BCUT2D eigenvalue weighted by atomic mass is 35.5. The molecule has 1 aromatic heterocycles. The van der Waals surface area contributed by atoms with Crippen LogP contribution in [0.25, 0.3) is 11.4 Å². The highest BCUT2D eigenvalue weighted by Crippen LogP contribution is 2.39. The lowest BCUT2D eigenvalue weighted by molar-refractivity contribution is 0.265. The second-order valence-electron chi connectivity index (χ2n) is 4.32. The van der Waals surface area contributed by atoms with Gasteiger partial charge >= 0.3 is 0 Å². The van der Waals surface area contributed by atoms with Gasteiger partial charge in [0.05, 0.1) is 5.56 Å². The van der Waals surface area contributed by atoms with Gasteiger partial charge in [-0.05, 0) is 31.0 Å². The van der Waals surface area contributed by atoms with E-state index in [9.17, 15) is 9.50 Å². The molecule has 0 radical (unpaired) electrons. The lowest BCUT2D eigenvalue weighted by Gasteiger charge is -2.08. The zero-order valence-electron chi connectivity index (χ0n) is 9.48. The molecular formula is C12H11ClFN3O. The van der Waals surface area contributed by atoms with Crippen LogP contribution in [-0.2, 0) is 6.61 Å². The molecule has 0 atom stereocenters. The van der Waals surface area contributed by atoms with Gasteiger partial charge in [-0.15, -0.1) is 10.2 Å². The first-order valence-corrected chi connectivity index (χ1v) is 6.08. The first-order valence-electron chi connectivity index (χ1n) is 5.70. The summed E-state index contributed by atoms with van der Waals surface area (Å²) in [5.74, 6) is 0.506. The van der Waals surface area contributed by atoms with Gasteiger partial charge < -0.3 is 9.67 Å². The molecule has 0 aliphatic heterocycles. The molecule has 0 saturated heterocycles. The molecule has 1 N–H and O–H groups in total. The predicted octanol–water partition coefficient (Wildman–Crippen LogP) is 2.56. The van der Waals surface area contributed by atoms with Crippen molar-refractivity contribution in [3.8, 4) is 11.4 Å². The fraction of sp³-hybridized carbons (Fsp3) is 0.333. The third-order valence-corrected chi connectivity index (χ3v) is 3.22. The number of aromatic nitrogens is 3. The molecule has 2 aromatic rings. The molecule has 1 saturated carbocycles. The van der Waals surface area contributed by atoms with Gasteiger partial charge in [-0.1, -0.05) is 11.6 Å². The van der Waals surface area contributed by atoms with Gasteiger partial charge in [0.25, 0.3) is 0 Å². The number of hydrogen-bond donors (Lipinski definition) is 1. The zero-order chi connectivity index (χ0) is 12.7. The van der Waals surface area contributed by atoms with E-state index in [0.29, 0.717) is 22.2 Å². The van der Waals surface area contributed by atoms with Crippen LogP contribution in [0.5, 0.6) is 0 Å². The lowest BCUT2D eigenvalue weighted by Crippen LogP contribution is -2.04. The first kappa shape index (κ1) is 11.6. The molecule has 1 fully saturated rings. The first-order chi connectivity index (χ1) is 8.70. The van der Waals surface area contributed by atoms with E-state index in [4.69, 9.17) is 11.6 Å². The number of aliphatic hydroxyl groups is 1. The average molecular weight is 268 g/mol. The fourth-order valence-electron chi connectivity index (χ4n) is 2.00. The summed E-state index contributed by atoms with van der Waals surface area (Å²) in [7, 11) is 0. The highest BCUT2D eigenvalue weighted by Gasteiger charge is 2.30. The van der Waals surface area contributed by atoms with E-state index < -0.39 is 5.82 Å². The predicted molar refractivity (Wildman–Crippen MR) is 64.6 cm³/mol. The fourth-order valence-corrected chi connectivity index (χ4v) is 2.17. The molecule has 4 nitrogen and oxygen atoms in total. The SMILES string of the molecule is OCc1nnc(-c2cc(Cl)ccc2F)n1C1CC1. The van der Waals surface area contributed by atoms with Crippen LogP contribution in [0, 0.1) is 5.82 Å². The van der Waals surface area contributed by atoms with E-state index in [2.05, 4.69) is 10.2 Å². The van der Waals surface area contributed by atoms with Crippen molar-refractivity contribution in [2.24, 2.45) is 0 Å². The van der Waals surface area contributed by atoms with Gasteiger partial charge in [0.2, 0.25) is 0 Å². The Morgan fingerprint density at radius 3 is 2.83 bits per heavy atom. The van der Waals surface area contributed by atoms with E-state index >= 15 is 0 Å². The van der Waals surface area contributed by atoms with Crippen molar-refractivity contribution in [3.63, 3.8) is 0 Å². The Hall–Kier alpha value is -1.46. The topological polar surface area (TPSA) is 50.9 Å². The van der Waals surface area contributed by atoms with Gasteiger partial charge in [0, 0.05) is 11.1 Å². The maximum Gasteiger partial charge on any atom is 0.167 e. The summed E-state index contributed by atoms with van der Waals surface area (Å²) < 4.78 is 15.6. The zero-order valence-corrected chi connectivity index (χ0v) is 10.2. The summed E-state index contributed by atoms with van der Waals surface area (Å²) in [4.78, 5) is 0. The number of rotatable bonds is 3. The van der Waals surface area contributed by atoms with E-state index in [-0.39, 0.29) is 12.6 Å². The summed E-state index contributed by atoms with van der Waals surface area (Å²) in [6, 6.07) is 4.59. The third kappa shape index (κ3) is 1.89. The summed E-state index contributed by atoms with van der Waals surface area (Å²) in [6.07, 6.45) is 2.00. The molecule has 18 heavy (non-hydrogen) atoms. The Morgan fingerprint density at radius 2 is 2.17 bits per heavy atom. The number of hydrogen-bond acceptors (Lipinski definition) is 3. The molecular weight excluding hydrogens is 257 g/mol. The minimum absolute atomic E-state index is 0.203.